The molecule has 0 unspecified atom stereocenters. The lowest BCUT2D eigenvalue weighted by atomic mass is 9.93. The van der Waals surface area contributed by atoms with Gasteiger partial charge in [0.05, 0.1) is 11.4 Å². The maximum absolute atomic E-state index is 6.58. The predicted molar refractivity (Wildman–Crippen MR) is 221 cm³/mol. The first-order valence-electron chi connectivity index (χ1n) is 18.1. The van der Waals surface area contributed by atoms with Crippen molar-refractivity contribution in [2.45, 2.75) is 0 Å². The highest BCUT2D eigenvalue weighted by Crippen LogP contribution is 2.42. The molecule has 0 amide bonds. The molecule has 4 nitrogen and oxygen atoms in total. The van der Waals surface area contributed by atoms with Crippen LogP contribution < -0.4 is 0 Å². The zero-order chi connectivity index (χ0) is 35.6. The third-order valence-corrected chi connectivity index (χ3v) is 10.5. The van der Waals surface area contributed by atoms with E-state index in [1.54, 1.807) is 0 Å². The Bertz CT molecular complexity index is 3100. The van der Waals surface area contributed by atoms with Crippen LogP contribution in [0.2, 0.25) is 0 Å². The van der Waals surface area contributed by atoms with Crippen molar-refractivity contribution < 1.29 is 8.83 Å². The van der Waals surface area contributed by atoms with Crippen LogP contribution in [0.5, 0.6) is 0 Å². The van der Waals surface area contributed by atoms with E-state index in [9.17, 15) is 0 Å². The average molecular weight is 691 g/mol. The minimum atomic E-state index is 0.669. The molecular formula is C50H30N2O2. The Hall–Kier alpha value is -7.30. The molecule has 3 heterocycles. The number of nitrogens with zero attached hydrogens (tertiary/aromatic N) is 2. The molecule has 11 rings (SSSR count). The molecule has 11 aromatic rings. The van der Waals surface area contributed by atoms with Gasteiger partial charge in [0, 0.05) is 49.4 Å². The lowest BCUT2D eigenvalue weighted by Gasteiger charge is -2.14. The fraction of sp³-hybridized carbons (Fsp3) is 0. The zero-order valence-corrected chi connectivity index (χ0v) is 29.0. The summed E-state index contributed by atoms with van der Waals surface area (Å²) in [5, 5.41) is 6.69. The van der Waals surface area contributed by atoms with Crippen LogP contribution in [0.1, 0.15) is 0 Å². The molecule has 3 aromatic heterocycles. The van der Waals surface area contributed by atoms with Gasteiger partial charge >= 0.3 is 0 Å². The topological polar surface area (TPSA) is 52.1 Å². The van der Waals surface area contributed by atoms with E-state index in [4.69, 9.17) is 18.8 Å². The first-order valence-corrected chi connectivity index (χ1v) is 18.1. The van der Waals surface area contributed by atoms with Gasteiger partial charge in [-0.25, -0.2) is 9.97 Å². The van der Waals surface area contributed by atoms with Crippen LogP contribution in [-0.4, -0.2) is 9.97 Å². The molecule has 54 heavy (non-hydrogen) atoms. The summed E-state index contributed by atoms with van der Waals surface area (Å²) < 4.78 is 13.2. The number of hydrogen-bond acceptors (Lipinski definition) is 4. The average Bonchev–Trinajstić information content (AvgIpc) is 3.82. The summed E-state index contributed by atoms with van der Waals surface area (Å²) >= 11 is 0. The fourth-order valence-corrected chi connectivity index (χ4v) is 7.84. The van der Waals surface area contributed by atoms with Gasteiger partial charge in [0.2, 0.25) is 0 Å². The molecule has 0 aliphatic carbocycles. The number of benzene rings is 8. The van der Waals surface area contributed by atoms with Crippen LogP contribution in [0.4, 0.5) is 0 Å². The molecule has 0 saturated heterocycles. The quantitative estimate of drug-likeness (QED) is 0.180. The second-order valence-electron chi connectivity index (χ2n) is 13.7. The van der Waals surface area contributed by atoms with Gasteiger partial charge in [-0.3, -0.25) is 0 Å². The van der Waals surface area contributed by atoms with E-state index in [1.165, 1.54) is 5.39 Å². The second kappa shape index (κ2) is 12.1. The van der Waals surface area contributed by atoms with Crippen LogP contribution in [0.15, 0.2) is 191 Å². The minimum Gasteiger partial charge on any atom is -0.455 e. The lowest BCUT2D eigenvalue weighted by molar-refractivity contribution is 0.670. The van der Waals surface area contributed by atoms with E-state index in [0.717, 1.165) is 99.6 Å². The Labute approximate surface area is 310 Å². The van der Waals surface area contributed by atoms with E-state index in [-0.39, 0.29) is 0 Å². The molecule has 0 aliphatic rings. The number of aromatic nitrogens is 2. The van der Waals surface area contributed by atoms with Crippen molar-refractivity contribution in [1.82, 2.24) is 9.97 Å². The van der Waals surface area contributed by atoms with Crippen molar-refractivity contribution in [1.29, 1.82) is 0 Å². The van der Waals surface area contributed by atoms with Gasteiger partial charge in [0.25, 0.3) is 0 Å². The summed E-state index contributed by atoms with van der Waals surface area (Å²) in [5.41, 5.74) is 12.1. The van der Waals surface area contributed by atoms with Crippen LogP contribution in [0.25, 0.3) is 111 Å². The summed E-state index contributed by atoms with van der Waals surface area (Å²) in [4.78, 5) is 10.5. The first-order chi connectivity index (χ1) is 26.7. The summed E-state index contributed by atoms with van der Waals surface area (Å²) in [6, 6.07) is 63.2. The summed E-state index contributed by atoms with van der Waals surface area (Å²) in [7, 11) is 0. The van der Waals surface area contributed by atoms with Crippen molar-refractivity contribution in [3.8, 4) is 56.2 Å². The summed E-state index contributed by atoms with van der Waals surface area (Å²) in [6.07, 6.45) is 0. The van der Waals surface area contributed by atoms with Gasteiger partial charge in [-0.1, -0.05) is 140 Å². The molecule has 4 heteroatoms. The van der Waals surface area contributed by atoms with Crippen LogP contribution in [0, 0.1) is 0 Å². The van der Waals surface area contributed by atoms with Gasteiger partial charge in [-0.05, 0) is 64.4 Å². The van der Waals surface area contributed by atoms with Crippen molar-refractivity contribution in [2.24, 2.45) is 0 Å². The van der Waals surface area contributed by atoms with E-state index in [0.29, 0.717) is 5.82 Å². The Morgan fingerprint density at radius 3 is 1.48 bits per heavy atom. The van der Waals surface area contributed by atoms with Gasteiger partial charge in [-0.15, -0.1) is 0 Å². The monoisotopic (exact) mass is 690 g/mol. The van der Waals surface area contributed by atoms with Crippen molar-refractivity contribution in [3.05, 3.63) is 182 Å². The van der Waals surface area contributed by atoms with Crippen molar-refractivity contribution in [3.63, 3.8) is 0 Å². The third-order valence-electron chi connectivity index (χ3n) is 10.5. The standard InChI is InChI=1S/C50H30N2O2/c1-2-13-32(14-3-1)44-30-45(52-50(51-44)34-25-24-31-12-4-5-15-33(31)26-34)37-28-35(38-18-10-20-42-40-16-6-8-22-46(40)53-48(38)42)27-36(29-37)39-19-11-21-43-41-17-7-9-23-47(41)54-49(39)43/h1-30H. The highest BCUT2D eigenvalue weighted by Gasteiger charge is 2.19. The van der Waals surface area contributed by atoms with Crippen molar-refractivity contribution in [2.75, 3.05) is 0 Å². The highest BCUT2D eigenvalue weighted by molar-refractivity contribution is 6.11. The molecular weight excluding hydrogens is 661 g/mol. The van der Waals surface area contributed by atoms with Crippen molar-refractivity contribution >= 4 is 54.6 Å². The van der Waals surface area contributed by atoms with E-state index in [2.05, 4.69) is 140 Å². The van der Waals surface area contributed by atoms with Gasteiger partial charge in [-0.2, -0.15) is 0 Å². The van der Waals surface area contributed by atoms with Crippen LogP contribution >= 0.6 is 0 Å². The van der Waals surface area contributed by atoms with E-state index < -0.39 is 0 Å². The Balaban J connectivity index is 1.19. The smallest absolute Gasteiger partial charge is 0.160 e. The molecule has 0 atom stereocenters. The fourth-order valence-electron chi connectivity index (χ4n) is 7.84. The largest absolute Gasteiger partial charge is 0.455 e. The molecule has 0 radical (unpaired) electrons. The SMILES string of the molecule is c1ccc(-c2cc(-c3cc(-c4cccc5c4oc4ccccc45)cc(-c4cccc5c4oc4ccccc45)c3)nc(-c3ccc4ccccc4c3)n2)cc1. The third kappa shape index (κ3) is 5.00. The summed E-state index contributed by atoms with van der Waals surface area (Å²) in [6.45, 7) is 0. The number of rotatable bonds is 5. The highest BCUT2D eigenvalue weighted by atomic mass is 16.3. The molecule has 0 spiro atoms. The maximum Gasteiger partial charge on any atom is 0.160 e. The zero-order valence-electron chi connectivity index (χ0n) is 29.0. The molecule has 0 bridgehead atoms. The predicted octanol–water partition coefficient (Wildman–Crippen LogP) is 13.8. The Morgan fingerprint density at radius 1 is 0.315 bits per heavy atom. The molecule has 252 valence electrons. The van der Waals surface area contributed by atoms with Crippen LogP contribution in [-0.2, 0) is 0 Å². The second-order valence-corrected chi connectivity index (χ2v) is 13.7. The van der Waals surface area contributed by atoms with E-state index >= 15 is 0 Å². The number of para-hydroxylation sites is 4. The van der Waals surface area contributed by atoms with Crippen LogP contribution in [0.3, 0.4) is 0 Å². The molecule has 0 N–H and O–H groups in total. The Morgan fingerprint density at radius 2 is 0.833 bits per heavy atom. The normalized spacial score (nSPS) is 11.7. The number of furan rings is 2. The summed E-state index contributed by atoms with van der Waals surface area (Å²) in [5.74, 6) is 0.669. The Kier molecular flexibility index (Phi) is 6.82. The molecule has 0 aliphatic heterocycles. The van der Waals surface area contributed by atoms with Gasteiger partial charge in [0.1, 0.15) is 22.3 Å². The first kappa shape index (κ1) is 30.3. The van der Waals surface area contributed by atoms with E-state index in [1.807, 2.05) is 42.5 Å². The minimum absolute atomic E-state index is 0.669. The number of fused-ring (bicyclic) bond motifs is 7. The molecule has 0 fully saturated rings. The van der Waals surface area contributed by atoms with Gasteiger partial charge < -0.3 is 8.83 Å². The molecule has 8 aromatic carbocycles. The van der Waals surface area contributed by atoms with Gasteiger partial charge in [0.15, 0.2) is 5.82 Å². The number of hydrogen-bond donors (Lipinski definition) is 0. The maximum atomic E-state index is 6.58. The lowest BCUT2D eigenvalue weighted by Crippen LogP contribution is -1.97. The molecule has 0 saturated carbocycles.